The molecule has 0 bridgehead atoms. The standard InChI is InChI=1S/C14H14ClNO/c15-12-8-6-10(7-9-12)13(16)14(17)11-4-2-1-3-5-11/h1-9,13-14,17H,16H2. The lowest BCUT2D eigenvalue weighted by Gasteiger charge is -2.19. The van der Waals surface area contributed by atoms with E-state index in [1.807, 2.05) is 42.5 Å². The van der Waals surface area contributed by atoms with E-state index in [2.05, 4.69) is 0 Å². The summed E-state index contributed by atoms with van der Waals surface area (Å²) in [6.45, 7) is 0. The fourth-order valence-electron chi connectivity index (χ4n) is 1.72. The van der Waals surface area contributed by atoms with Crippen LogP contribution in [0.15, 0.2) is 54.6 Å². The number of hydrogen-bond donors (Lipinski definition) is 2. The first-order valence-electron chi connectivity index (χ1n) is 5.42. The van der Waals surface area contributed by atoms with Gasteiger partial charge in [0.15, 0.2) is 0 Å². The molecule has 0 saturated heterocycles. The fraction of sp³-hybridized carbons (Fsp3) is 0.143. The van der Waals surface area contributed by atoms with Crippen molar-refractivity contribution in [3.05, 3.63) is 70.7 Å². The molecule has 0 aliphatic rings. The maximum absolute atomic E-state index is 10.2. The highest BCUT2D eigenvalue weighted by atomic mass is 35.5. The van der Waals surface area contributed by atoms with Crippen LogP contribution in [0.3, 0.4) is 0 Å². The maximum atomic E-state index is 10.2. The van der Waals surface area contributed by atoms with Crippen LogP contribution in [-0.2, 0) is 0 Å². The quantitative estimate of drug-likeness (QED) is 0.876. The van der Waals surface area contributed by atoms with E-state index in [1.54, 1.807) is 12.1 Å². The number of aliphatic hydroxyl groups is 1. The molecular formula is C14H14ClNO. The molecule has 3 heteroatoms. The van der Waals surface area contributed by atoms with E-state index in [9.17, 15) is 5.11 Å². The maximum Gasteiger partial charge on any atom is 0.0982 e. The van der Waals surface area contributed by atoms with Gasteiger partial charge in [-0.05, 0) is 23.3 Å². The van der Waals surface area contributed by atoms with Gasteiger partial charge in [0.1, 0.15) is 0 Å². The van der Waals surface area contributed by atoms with E-state index in [4.69, 9.17) is 17.3 Å². The first kappa shape index (κ1) is 12.1. The normalized spacial score (nSPS) is 14.3. The van der Waals surface area contributed by atoms with E-state index < -0.39 is 12.1 Å². The predicted molar refractivity (Wildman–Crippen MR) is 69.8 cm³/mol. The average Bonchev–Trinajstić information content (AvgIpc) is 2.39. The summed E-state index contributed by atoms with van der Waals surface area (Å²) in [4.78, 5) is 0. The molecule has 3 N–H and O–H groups in total. The van der Waals surface area contributed by atoms with Crippen LogP contribution in [-0.4, -0.2) is 5.11 Å². The summed E-state index contributed by atoms with van der Waals surface area (Å²) in [5.41, 5.74) is 7.71. The summed E-state index contributed by atoms with van der Waals surface area (Å²) in [5, 5.41) is 10.8. The van der Waals surface area contributed by atoms with Gasteiger partial charge < -0.3 is 10.8 Å². The molecule has 2 rings (SSSR count). The Morgan fingerprint density at radius 3 is 2.06 bits per heavy atom. The van der Waals surface area contributed by atoms with Crippen LogP contribution in [0.5, 0.6) is 0 Å². The molecule has 2 aromatic rings. The molecule has 0 spiro atoms. The van der Waals surface area contributed by atoms with Crippen molar-refractivity contribution in [3.63, 3.8) is 0 Å². The topological polar surface area (TPSA) is 46.2 Å². The van der Waals surface area contributed by atoms with Crippen LogP contribution < -0.4 is 5.73 Å². The first-order valence-corrected chi connectivity index (χ1v) is 5.80. The molecule has 0 aliphatic heterocycles. The van der Waals surface area contributed by atoms with Gasteiger partial charge in [0.2, 0.25) is 0 Å². The Kier molecular flexibility index (Phi) is 3.79. The molecule has 17 heavy (non-hydrogen) atoms. The average molecular weight is 248 g/mol. The summed E-state index contributed by atoms with van der Waals surface area (Å²) in [6.07, 6.45) is -0.711. The molecule has 2 atom stereocenters. The van der Waals surface area contributed by atoms with Crippen molar-refractivity contribution in [2.45, 2.75) is 12.1 Å². The van der Waals surface area contributed by atoms with Crippen molar-refractivity contribution < 1.29 is 5.11 Å². The third kappa shape index (κ3) is 2.86. The highest BCUT2D eigenvalue weighted by Gasteiger charge is 2.18. The number of benzene rings is 2. The molecule has 0 radical (unpaired) electrons. The molecule has 0 amide bonds. The highest BCUT2D eigenvalue weighted by Crippen LogP contribution is 2.27. The van der Waals surface area contributed by atoms with Crippen molar-refractivity contribution in [2.75, 3.05) is 0 Å². The van der Waals surface area contributed by atoms with Crippen molar-refractivity contribution in [2.24, 2.45) is 5.73 Å². The number of hydrogen-bond acceptors (Lipinski definition) is 2. The van der Waals surface area contributed by atoms with E-state index in [0.29, 0.717) is 5.02 Å². The van der Waals surface area contributed by atoms with Crippen molar-refractivity contribution in [1.29, 1.82) is 0 Å². The van der Waals surface area contributed by atoms with Crippen LogP contribution in [0, 0.1) is 0 Å². The monoisotopic (exact) mass is 247 g/mol. The SMILES string of the molecule is NC(c1ccc(Cl)cc1)C(O)c1ccccc1. The van der Waals surface area contributed by atoms with Gasteiger partial charge in [-0.3, -0.25) is 0 Å². The smallest absolute Gasteiger partial charge is 0.0982 e. The molecule has 2 nitrogen and oxygen atoms in total. The van der Waals surface area contributed by atoms with Crippen LogP contribution in [0.25, 0.3) is 0 Å². The van der Waals surface area contributed by atoms with E-state index in [1.165, 1.54) is 0 Å². The molecule has 88 valence electrons. The van der Waals surface area contributed by atoms with Gasteiger partial charge in [0.25, 0.3) is 0 Å². The zero-order chi connectivity index (χ0) is 12.3. The summed E-state index contributed by atoms with van der Waals surface area (Å²) in [6, 6.07) is 16.2. The molecule has 0 heterocycles. The lowest BCUT2D eigenvalue weighted by atomic mass is 9.97. The second kappa shape index (κ2) is 5.32. The molecule has 0 fully saturated rings. The molecule has 0 aliphatic carbocycles. The fourth-order valence-corrected chi connectivity index (χ4v) is 1.85. The summed E-state index contributed by atoms with van der Waals surface area (Å²) < 4.78 is 0. The zero-order valence-corrected chi connectivity index (χ0v) is 10.0. The van der Waals surface area contributed by atoms with Gasteiger partial charge in [-0.2, -0.15) is 0 Å². The third-order valence-electron chi connectivity index (χ3n) is 2.74. The van der Waals surface area contributed by atoms with Crippen molar-refractivity contribution >= 4 is 11.6 Å². The highest BCUT2D eigenvalue weighted by molar-refractivity contribution is 6.30. The minimum atomic E-state index is -0.711. The Morgan fingerprint density at radius 2 is 1.47 bits per heavy atom. The van der Waals surface area contributed by atoms with Crippen LogP contribution in [0.2, 0.25) is 5.02 Å². The lowest BCUT2D eigenvalue weighted by molar-refractivity contribution is 0.147. The summed E-state index contributed by atoms with van der Waals surface area (Å²) in [5.74, 6) is 0. The first-order chi connectivity index (χ1) is 8.18. The zero-order valence-electron chi connectivity index (χ0n) is 9.25. The number of nitrogens with two attached hydrogens (primary N) is 1. The van der Waals surface area contributed by atoms with E-state index in [-0.39, 0.29) is 0 Å². The summed E-state index contributed by atoms with van der Waals surface area (Å²) >= 11 is 5.81. The Labute approximate surface area is 106 Å². The van der Waals surface area contributed by atoms with Crippen LogP contribution in [0.4, 0.5) is 0 Å². The Hall–Kier alpha value is -1.35. The predicted octanol–water partition coefficient (Wildman–Crippen LogP) is 3.07. The minimum absolute atomic E-state index is 0.449. The number of rotatable bonds is 3. The van der Waals surface area contributed by atoms with Gasteiger partial charge >= 0.3 is 0 Å². The van der Waals surface area contributed by atoms with E-state index in [0.717, 1.165) is 11.1 Å². The Balaban J connectivity index is 2.20. The molecule has 2 aromatic carbocycles. The van der Waals surface area contributed by atoms with Crippen molar-refractivity contribution in [3.8, 4) is 0 Å². The second-order valence-electron chi connectivity index (χ2n) is 3.93. The molecule has 0 aromatic heterocycles. The van der Waals surface area contributed by atoms with Gasteiger partial charge in [-0.25, -0.2) is 0 Å². The molecular weight excluding hydrogens is 234 g/mol. The molecule has 2 unspecified atom stereocenters. The Morgan fingerprint density at radius 1 is 0.882 bits per heavy atom. The van der Waals surface area contributed by atoms with Gasteiger partial charge in [-0.15, -0.1) is 0 Å². The van der Waals surface area contributed by atoms with Crippen LogP contribution >= 0.6 is 11.6 Å². The lowest BCUT2D eigenvalue weighted by Crippen LogP contribution is -2.19. The Bertz CT molecular complexity index is 469. The van der Waals surface area contributed by atoms with Crippen molar-refractivity contribution in [1.82, 2.24) is 0 Å². The van der Waals surface area contributed by atoms with Crippen LogP contribution in [0.1, 0.15) is 23.3 Å². The van der Waals surface area contributed by atoms with E-state index >= 15 is 0 Å². The van der Waals surface area contributed by atoms with Gasteiger partial charge in [0.05, 0.1) is 12.1 Å². The summed E-state index contributed by atoms with van der Waals surface area (Å²) in [7, 11) is 0. The second-order valence-corrected chi connectivity index (χ2v) is 4.37. The van der Waals surface area contributed by atoms with Gasteiger partial charge in [-0.1, -0.05) is 54.1 Å². The van der Waals surface area contributed by atoms with Gasteiger partial charge in [0, 0.05) is 5.02 Å². The minimum Gasteiger partial charge on any atom is -0.386 e. The molecule has 0 saturated carbocycles. The third-order valence-corrected chi connectivity index (χ3v) is 2.99. The largest absolute Gasteiger partial charge is 0.386 e. The number of halogens is 1. The number of aliphatic hydroxyl groups excluding tert-OH is 1.